The summed E-state index contributed by atoms with van der Waals surface area (Å²) >= 11 is 0. The van der Waals surface area contributed by atoms with Gasteiger partial charge in [0.15, 0.2) is 0 Å². The number of hydrogen-bond acceptors (Lipinski definition) is 3. The highest BCUT2D eigenvalue weighted by molar-refractivity contribution is 5.52. The van der Waals surface area contributed by atoms with Gasteiger partial charge in [0.1, 0.15) is 0 Å². The number of nitrogens with one attached hydrogen (secondary N) is 1. The molecule has 0 aliphatic rings. The maximum Gasteiger partial charge on any atom is 0.0994 e. The van der Waals surface area contributed by atoms with Crippen molar-refractivity contribution in [2.24, 2.45) is 0 Å². The second-order valence-electron chi connectivity index (χ2n) is 3.85. The van der Waals surface area contributed by atoms with E-state index in [1.807, 2.05) is 25.1 Å². The van der Waals surface area contributed by atoms with Gasteiger partial charge in [0, 0.05) is 18.8 Å². The molecule has 0 amide bonds. The Hall–Kier alpha value is -1.53. The molecule has 0 saturated heterocycles. The van der Waals surface area contributed by atoms with E-state index < -0.39 is 0 Å². The number of hydrogen-bond donors (Lipinski definition) is 1. The van der Waals surface area contributed by atoms with Crippen LogP contribution in [0.3, 0.4) is 0 Å². The zero-order valence-corrected chi connectivity index (χ0v) is 10.1. The van der Waals surface area contributed by atoms with Crippen LogP contribution in [0.15, 0.2) is 18.2 Å². The summed E-state index contributed by atoms with van der Waals surface area (Å²) < 4.78 is 5.13. The summed E-state index contributed by atoms with van der Waals surface area (Å²) in [5.41, 5.74) is 2.77. The molecule has 3 heteroatoms. The van der Waals surface area contributed by atoms with Gasteiger partial charge in [-0.05, 0) is 37.1 Å². The smallest absolute Gasteiger partial charge is 0.0994 e. The van der Waals surface area contributed by atoms with E-state index in [1.54, 1.807) is 7.11 Å². The summed E-state index contributed by atoms with van der Waals surface area (Å²) in [5, 5.41) is 12.2. The van der Waals surface area contributed by atoms with Crippen LogP contribution in [0.5, 0.6) is 0 Å². The van der Waals surface area contributed by atoms with Crippen LogP contribution in [0.2, 0.25) is 0 Å². The third kappa shape index (κ3) is 3.25. The van der Waals surface area contributed by atoms with Gasteiger partial charge in [0.2, 0.25) is 0 Å². The number of nitriles is 1. The predicted octanol–water partition coefficient (Wildman–Crippen LogP) is 2.70. The van der Waals surface area contributed by atoms with Crippen LogP contribution in [-0.4, -0.2) is 19.8 Å². The van der Waals surface area contributed by atoms with Gasteiger partial charge in [-0.1, -0.05) is 6.92 Å². The van der Waals surface area contributed by atoms with Gasteiger partial charge in [-0.3, -0.25) is 0 Å². The summed E-state index contributed by atoms with van der Waals surface area (Å²) in [6.45, 7) is 4.75. The number of ether oxygens (including phenoxy) is 1. The average molecular weight is 218 g/mol. The Balaban J connectivity index is 2.74. The largest absolute Gasteiger partial charge is 0.383 e. The second-order valence-corrected chi connectivity index (χ2v) is 3.85. The van der Waals surface area contributed by atoms with Gasteiger partial charge < -0.3 is 10.1 Å². The number of aryl methyl sites for hydroxylation is 1. The maximum absolute atomic E-state index is 8.83. The van der Waals surface area contributed by atoms with Gasteiger partial charge in [-0.2, -0.15) is 5.26 Å². The van der Waals surface area contributed by atoms with Crippen LogP contribution in [0.25, 0.3) is 0 Å². The highest BCUT2D eigenvalue weighted by Gasteiger charge is 2.06. The summed E-state index contributed by atoms with van der Waals surface area (Å²) in [5.74, 6) is 0. The fraction of sp³-hybridized carbons (Fsp3) is 0.462. The predicted molar refractivity (Wildman–Crippen MR) is 65.5 cm³/mol. The standard InChI is InChI=1S/C13H18N2O/c1-4-12(9-16-3)15-13-6-5-11(8-14)10(2)7-13/h5-7,12,15H,4,9H2,1-3H3. The Bertz CT molecular complexity index is 382. The van der Waals surface area contributed by atoms with Gasteiger partial charge >= 0.3 is 0 Å². The molecule has 0 aromatic heterocycles. The third-order valence-electron chi connectivity index (χ3n) is 2.58. The zero-order valence-electron chi connectivity index (χ0n) is 10.1. The Kier molecular flexibility index (Phi) is 4.81. The lowest BCUT2D eigenvalue weighted by molar-refractivity contribution is 0.184. The number of nitrogens with zero attached hydrogens (tertiary/aromatic N) is 1. The molecule has 1 aromatic rings. The van der Waals surface area contributed by atoms with Crippen molar-refractivity contribution in [2.45, 2.75) is 26.3 Å². The molecule has 0 saturated carbocycles. The monoisotopic (exact) mass is 218 g/mol. The maximum atomic E-state index is 8.83. The van der Waals surface area contributed by atoms with Crippen molar-refractivity contribution in [3.05, 3.63) is 29.3 Å². The average Bonchev–Trinajstić information content (AvgIpc) is 2.28. The minimum atomic E-state index is 0.317. The lowest BCUT2D eigenvalue weighted by Crippen LogP contribution is -2.23. The summed E-state index contributed by atoms with van der Waals surface area (Å²) in [6, 6.07) is 8.26. The Morgan fingerprint density at radius 1 is 1.50 bits per heavy atom. The molecule has 0 spiro atoms. The van der Waals surface area contributed by atoms with Gasteiger partial charge in [-0.25, -0.2) is 0 Å². The number of methoxy groups -OCH3 is 1. The minimum absolute atomic E-state index is 0.317. The lowest BCUT2D eigenvalue weighted by Gasteiger charge is -2.17. The quantitative estimate of drug-likeness (QED) is 0.826. The topological polar surface area (TPSA) is 45.0 Å². The van der Waals surface area contributed by atoms with Gasteiger partial charge in [0.25, 0.3) is 0 Å². The molecule has 0 heterocycles. The highest BCUT2D eigenvalue weighted by Crippen LogP contribution is 2.15. The van der Waals surface area contributed by atoms with E-state index in [9.17, 15) is 0 Å². The van der Waals surface area contributed by atoms with Crippen LogP contribution in [0, 0.1) is 18.3 Å². The van der Waals surface area contributed by atoms with Crippen molar-refractivity contribution < 1.29 is 4.74 Å². The van der Waals surface area contributed by atoms with E-state index in [0.29, 0.717) is 12.6 Å². The van der Waals surface area contributed by atoms with E-state index >= 15 is 0 Å². The fourth-order valence-corrected chi connectivity index (χ4v) is 1.58. The summed E-state index contributed by atoms with van der Waals surface area (Å²) in [6.07, 6.45) is 1.01. The molecule has 1 rings (SSSR count). The van der Waals surface area contributed by atoms with Crippen LogP contribution in [0.4, 0.5) is 5.69 Å². The molecule has 1 unspecified atom stereocenters. The van der Waals surface area contributed by atoms with E-state index in [-0.39, 0.29) is 0 Å². The number of rotatable bonds is 5. The molecular formula is C13H18N2O. The first-order valence-electron chi connectivity index (χ1n) is 5.47. The first kappa shape index (κ1) is 12.5. The molecule has 3 nitrogen and oxygen atoms in total. The minimum Gasteiger partial charge on any atom is -0.383 e. The van der Waals surface area contributed by atoms with E-state index in [0.717, 1.165) is 23.2 Å². The Labute approximate surface area is 97.0 Å². The van der Waals surface area contributed by atoms with Crippen molar-refractivity contribution >= 4 is 5.69 Å². The first-order valence-corrected chi connectivity index (χ1v) is 5.47. The van der Waals surface area contributed by atoms with Crippen molar-refractivity contribution in [1.82, 2.24) is 0 Å². The first-order chi connectivity index (χ1) is 7.71. The summed E-state index contributed by atoms with van der Waals surface area (Å²) in [4.78, 5) is 0. The van der Waals surface area contributed by atoms with Gasteiger partial charge in [0.05, 0.1) is 18.2 Å². The molecule has 0 aliphatic heterocycles. The lowest BCUT2D eigenvalue weighted by atomic mass is 10.1. The van der Waals surface area contributed by atoms with E-state index in [4.69, 9.17) is 10.00 Å². The molecule has 1 atom stereocenters. The molecular weight excluding hydrogens is 200 g/mol. The summed E-state index contributed by atoms with van der Waals surface area (Å²) in [7, 11) is 1.70. The highest BCUT2D eigenvalue weighted by atomic mass is 16.5. The molecule has 16 heavy (non-hydrogen) atoms. The van der Waals surface area contributed by atoms with Crippen molar-refractivity contribution in [3.63, 3.8) is 0 Å². The van der Waals surface area contributed by atoms with E-state index in [2.05, 4.69) is 18.3 Å². The Morgan fingerprint density at radius 3 is 2.75 bits per heavy atom. The van der Waals surface area contributed by atoms with Crippen molar-refractivity contribution in [3.8, 4) is 6.07 Å². The van der Waals surface area contributed by atoms with Crippen LogP contribution in [-0.2, 0) is 4.74 Å². The molecule has 86 valence electrons. The molecule has 1 N–H and O–H groups in total. The second kappa shape index (κ2) is 6.14. The van der Waals surface area contributed by atoms with Gasteiger partial charge in [-0.15, -0.1) is 0 Å². The van der Waals surface area contributed by atoms with Crippen LogP contribution >= 0.6 is 0 Å². The number of anilines is 1. The fourth-order valence-electron chi connectivity index (χ4n) is 1.58. The molecule has 1 aromatic carbocycles. The number of benzene rings is 1. The zero-order chi connectivity index (χ0) is 12.0. The molecule has 0 fully saturated rings. The molecule has 0 bridgehead atoms. The van der Waals surface area contributed by atoms with Crippen molar-refractivity contribution in [1.29, 1.82) is 5.26 Å². The SMILES string of the molecule is CCC(COC)Nc1ccc(C#N)c(C)c1. The van der Waals surface area contributed by atoms with E-state index in [1.165, 1.54) is 0 Å². The molecule has 0 radical (unpaired) electrons. The normalized spacial score (nSPS) is 11.9. The third-order valence-corrected chi connectivity index (χ3v) is 2.58. The van der Waals surface area contributed by atoms with Crippen molar-refractivity contribution in [2.75, 3.05) is 19.0 Å². The van der Waals surface area contributed by atoms with Crippen LogP contribution < -0.4 is 5.32 Å². The molecule has 0 aliphatic carbocycles. The Morgan fingerprint density at radius 2 is 2.25 bits per heavy atom. The van der Waals surface area contributed by atoms with Crippen LogP contribution in [0.1, 0.15) is 24.5 Å².